The summed E-state index contributed by atoms with van der Waals surface area (Å²) in [6.45, 7) is 12.7. The van der Waals surface area contributed by atoms with Crippen molar-refractivity contribution >= 4 is 29.2 Å². The van der Waals surface area contributed by atoms with Crippen LogP contribution < -0.4 is 0 Å². The van der Waals surface area contributed by atoms with Crippen molar-refractivity contribution in [3.8, 4) is 0 Å². The zero-order valence-electron chi connectivity index (χ0n) is 40.6. The molecule has 3 N–H and O–H groups in total. The Morgan fingerprint density at radius 1 is 0.846 bits per heavy atom. The first kappa shape index (κ1) is 54.2. The first-order chi connectivity index (χ1) is 30.7. The van der Waals surface area contributed by atoms with Gasteiger partial charge in [0.15, 0.2) is 5.78 Å². The Hall–Kier alpha value is -3.37. The molecule has 3 fully saturated rings. The van der Waals surface area contributed by atoms with Crippen molar-refractivity contribution < 1.29 is 63.0 Å². The lowest BCUT2D eigenvalue weighted by Crippen LogP contribution is -2.61. The number of aliphatic hydroxyl groups excluding tert-OH is 2. The van der Waals surface area contributed by atoms with Crippen LogP contribution in [-0.4, -0.2) is 132 Å². The number of piperidine rings is 1. The largest absolute Gasteiger partial charge is 0.460 e. The Kier molecular flexibility index (Phi) is 21.0. The van der Waals surface area contributed by atoms with Crippen molar-refractivity contribution in [3.05, 3.63) is 47.6 Å². The number of carbonyl (C=O) groups is 5. The maximum absolute atomic E-state index is 14.4. The third kappa shape index (κ3) is 14.3. The first-order valence-electron chi connectivity index (χ1n) is 23.9. The van der Waals surface area contributed by atoms with Crippen LogP contribution in [0.4, 0.5) is 0 Å². The van der Waals surface area contributed by atoms with Gasteiger partial charge in [0.2, 0.25) is 5.79 Å². The Labute approximate surface area is 387 Å². The third-order valence-electron chi connectivity index (χ3n) is 14.5. The average molecular weight is 914 g/mol. The van der Waals surface area contributed by atoms with E-state index in [1.807, 2.05) is 58.1 Å². The Balaban J connectivity index is 1.70. The molecule has 1 amide bonds. The van der Waals surface area contributed by atoms with Crippen LogP contribution >= 0.6 is 0 Å². The van der Waals surface area contributed by atoms with Crippen LogP contribution in [-0.2, 0) is 47.7 Å². The predicted octanol–water partition coefficient (Wildman–Crippen LogP) is 6.18. The zero-order valence-corrected chi connectivity index (χ0v) is 40.6. The second-order valence-electron chi connectivity index (χ2n) is 19.6. The molecule has 0 spiro atoms. The van der Waals surface area contributed by atoms with E-state index in [2.05, 4.69) is 0 Å². The number of fused-ring (bicyclic) bond motifs is 3. The van der Waals surface area contributed by atoms with E-state index >= 15 is 0 Å². The minimum atomic E-state index is -2.43. The molecule has 0 aromatic rings. The van der Waals surface area contributed by atoms with E-state index in [4.69, 9.17) is 23.7 Å². The number of cyclic esters (lactones) is 1. The minimum absolute atomic E-state index is 0.0193. The van der Waals surface area contributed by atoms with Crippen LogP contribution in [0.5, 0.6) is 0 Å². The Bertz CT molecular complexity index is 1760. The highest BCUT2D eigenvalue weighted by Crippen LogP contribution is 2.38. The van der Waals surface area contributed by atoms with E-state index in [1.165, 1.54) is 12.0 Å². The zero-order chi connectivity index (χ0) is 48.2. The third-order valence-corrected chi connectivity index (χ3v) is 14.5. The van der Waals surface area contributed by atoms with E-state index in [9.17, 15) is 39.3 Å². The molecule has 4 aliphatic rings. The molecule has 0 aromatic carbocycles. The molecule has 1 aliphatic carbocycles. The fraction of sp³-hybridized carbons (Fsp3) is 0.745. The summed E-state index contributed by atoms with van der Waals surface area (Å²) in [7, 11) is 4.52. The summed E-state index contributed by atoms with van der Waals surface area (Å²) < 4.78 is 29.4. The molecule has 366 valence electrons. The highest BCUT2D eigenvalue weighted by molar-refractivity contribution is 6.39. The number of hydrogen-bond acceptors (Lipinski definition) is 13. The Morgan fingerprint density at radius 2 is 1.57 bits per heavy atom. The molecule has 2 saturated heterocycles. The molecule has 2 bridgehead atoms. The molecule has 0 radical (unpaired) electrons. The van der Waals surface area contributed by atoms with Crippen LogP contribution in [0.3, 0.4) is 0 Å². The number of carbonyl (C=O) groups excluding carboxylic acids is 5. The van der Waals surface area contributed by atoms with Crippen LogP contribution in [0.2, 0.25) is 0 Å². The number of nitrogens with zero attached hydrogens (tertiary/aromatic N) is 1. The predicted molar refractivity (Wildman–Crippen MR) is 245 cm³/mol. The van der Waals surface area contributed by atoms with Crippen LogP contribution in [0, 0.1) is 35.5 Å². The van der Waals surface area contributed by atoms with Gasteiger partial charge in [-0.1, -0.05) is 71.1 Å². The number of ether oxygens (including phenoxy) is 5. The molecule has 1 saturated carbocycles. The summed E-state index contributed by atoms with van der Waals surface area (Å²) in [5.74, 6) is -7.96. The number of aliphatic hydroxyl groups is 3. The molecule has 15 atom stereocenters. The van der Waals surface area contributed by atoms with Crippen LogP contribution in [0.15, 0.2) is 47.6 Å². The average Bonchev–Trinajstić information content (AvgIpc) is 3.28. The maximum Gasteiger partial charge on any atom is 0.329 e. The molecule has 0 aromatic heterocycles. The molecule has 3 heterocycles. The summed E-state index contributed by atoms with van der Waals surface area (Å²) in [4.78, 5) is 71.8. The molecule has 10 unspecified atom stereocenters. The van der Waals surface area contributed by atoms with E-state index in [0.29, 0.717) is 63.4 Å². The number of ketones is 3. The van der Waals surface area contributed by atoms with Crippen LogP contribution in [0.1, 0.15) is 126 Å². The van der Waals surface area contributed by atoms with Crippen molar-refractivity contribution in [1.29, 1.82) is 0 Å². The topological polar surface area (TPSA) is 195 Å². The van der Waals surface area contributed by atoms with Gasteiger partial charge in [0.1, 0.15) is 30.1 Å². The van der Waals surface area contributed by atoms with Crippen molar-refractivity contribution in [2.24, 2.45) is 35.5 Å². The van der Waals surface area contributed by atoms with Gasteiger partial charge in [-0.25, -0.2) is 4.79 Å². The van der Waals surface area contributed by atoms with Gasteiger partial charge < -0.3 is 43.9 Å². The van der Waals surface area contributed by atoms with Gasteiger partial charge in [-0.15, -0.1) is 0 Å². The molecule has 14 heteroatoms. The number of amides is 1. The van der Waals surface area contributed by atoms with Crippen molar-refractivity contribution in [1.82, 2.24) is 4.90 Å². The highest BCUT2D eigenvalue weighted by atomic mass is 16.6. The lowest BCUT2D eigenvalue weighted by molar-refractivity contribution is -0.265. The van der Waals surface area contributed by atoms with Gasteiger partial charge in [-0.3, -0.25) is 19.2 Å². The van der Waals surface area contributed by atoms with E-state index < -0.39 is 83.9 Å². The summed E-state index contributed by atoms with van der Waals surface area (Å²) >= 11 is 0. The maximum atomic E-state index is 14.4. The van der Waals surface area contributed by atoms with E-state index in [1.54, 1.807) is 41.1 Å². The SMILES string of the molecule is COC1CC(CC(C)[C@@H]2CC(=O)C(C)/C=C(\C)[C@@H](O)C(OC)C(=O)C(C)CC(C)/C=C/C=C/C=C(\C)[C@@H](OC)C[C@@H]3CCC(C)C(O)(O3)C(=O)C(=O)N3CCCCC3C(=O)O2)CC[C@H]1O. The number of hydrogen-bond donors (Lipinski definition) is 3. The second-order valence-corrected chi connectivity index (χ2v) is 19.6. The monoisotopic (exact) mass is 914 g/mol. The lowest BCUT2D eigenvalue weighted by atomic mass is 9.78. The van der Waals surface area contributed by atoms with E-state index in [0.717, 1.165) is 12.0 Å². The van der Waals surface area contributed by atoms with Crippen molar-refractivity contribution in [2.45, 2.75) is 180 Å². The second kappa shape index (κ2) is 25.1. The van der Waals surface area contributed by atoms with Gasteiger partial charge in [0, 0.05) is 58.5 Å². The molecular weight excluding hydrogens is 835 g/mol. The highest BCUT2D eigenvalue weighted by Gasteiger charge is 2.53. The fourth-order valence-corrected chi connectivity index (χ4v) is 10.1. The summed E-state index contributed by atoms with van der Waals surface area (Å²) in [6, 6.07) is -1.14. The number of methoxy groups -OCH3 is 3. The standard InChI is InChI=1S/C51H79NO13/c1-30-16-12-11-13-17-31(2)42(61-8)28-38-21-19-36(7)51(60,65-38)48(57)49(58)52-23-15-14-18-39(52)50(59)64-43(33(4)26-37-20-22-40(53)44(27-37)62-9)29-41(54)32(3)25-35(6)46(56)47(63-10)45(55)34(5)24-30/h11-13,16-17,25,30,32-34,36-40,42-44,46-47,53,56,60H,14-15,18-24,26-29H2,1-10H3/b13-11+,16-12+,31-17+,35-25+/t30?,32?,33?,34?,36?,37?,38-,39?,40+,42-,43-,44?,46+,47?,51?/m0/s1. The summed E-state index contributed by atoms with van der Waals surface area (Å²) in [5.41, 5.74) is 1.27. The molecule has 65 heavy (non-hydrogen) atoms. The smallest absolute Gasteiger partial charge is 0.329 e. The normalized spacial score (nSPS) is 40.4. The number of rotatable bonds is 6. The molecule has 4 rings (SSSR count). The van der Waals surface area contributed by atoms with Gasteiger partial charge in [-0.05, 0) is 107 Å². The number of Topliss-reactive ketones (excluding diaryl/α,β-unsaturated/α-hetero) is 3. The molecular formula is C51H79NO13. The summed E-state index contributed by atoms with van der Waals surface area (Å²) in [5, 5.41) is 33.8. The van der Waals surface area contributed by atoms with Gasteiger partial charge >= 0.3 is 5.97 Å². The fourth-order valence-electron chi connectivity index (χ4n) is 10.1. The Morgan fingerprint density at radius 3 is 2.25 bits per heavy atom. The van der Waals surface area contributed by atoms with E-state index in [-0.39, 0.29) is 54.8 Å². The minimum Gasteiger partial charge on any atom is -0.460 e. The van der Waals surface area contributed by atoms with Crippen molar-refractivity contribution in [2.75, 3.05) is 27.9 Å². The van der Waals surface area contributed by atoms with Crippen molar-refractivity contribution in [3.63, 3.8) is 0 Å². The number of esters is 1. The lowest BCUT2D eigenvalue weighted by Gasteiger charge is -2.42. The van der Waals surface area contributed by atoms with Gasteiger partial charge in [-0.2, -0.15) is 0 Å². The van der Waals surface area contributed by atoms with Gasteiger partial charge in [0.05, 0.1) is 24.4 Å². The quantitative estimate of drug-likeness (QED) is 0.156. The molecule has 3 aliphatic heterocycles. The molecule has 14 nitrogen and oxygen atoms in total. The summed E-state index contributed by atoms with van der Waals surface area (Å²) in [6.07, 6.45) is 11.2. The first-order valence-corrected chi connectivity index (χ1v) is 23.9. The number of allylic oxidation sites excluding steroid dienone is 6. The van der Waals surface area contributed by atoms with Gasteiger partial charge in [0.25, 0.3) is 11.7 Å². The van der Waals surface area contributed by atoms with Crippen LogP contribution in [0.25, 0.3) is 0 Å².